The Bertz CT molecular complexity index is 780. The zero-order valence-corrected chi connectivity index (χ0v) is 12.3. The van der Waals surface area contributed by atoms with E-state index < -0.39 is 11.9 Å². The van der Waals surface area contributed by atoms with E-state index in [-0.39, 0.29) is 11.5 Å². The summed E-state index contributed by atoms with van der Waals surface area (Å²) in [7, 11) is 0. The smallest absolute Gasteiger partial charge is 0.336 e. The van der Waals surface area contributed by atoms with Gasteiger partial charge >= 0.3 is 11.9 Å². The van der Waals surface area contributed by atoms with Gasteiger partial charge in [-0.05, 0) is 48.5 Å². The molecule has 0 heterocycles. The van der Waals surface area contributed by atoms with Crippen LogP contribution in [0.3, 0.4) is 0 Å². The second kappa shape index (κ2) is 7.92. The van der Waals surface area contributed by atoms with Crippen LogP contribution in [0.5, 0.6) is 11.5 Å². The average Bonchev–Trinajstić information content (AvgIpc) is 2.61. The summed E-state index contributed by atoms with van der Waals surface area (Å²) in [6.07, 6.45) is 1.87. The Morgan fingerprint density at radius 2 is 1.04 bits per heavy atom. The van der Waals surface area contributed by atoms with E-state index in [1.54, 1.807) is 0 Å². The summed E-state index contributed by atoms with van der Waals surface area (Å²) in [5, 5.41) is 17.3. The van der Waals surface area contributed by atoms with Crippen LogP contribution in [-0.4, -0.2) is 11.9 Å². The average molecular weight is 318 g/mol. The molecule has 0 radical (unpaired) electrons. The lowest BCUT2D eigenvalue weighted by Gasteiger charge is -2.01. The maximum atomic E-state index is 11.6. The molecule has 0 N–H and O–H groups in total. The van der Waals surface area contributed by atoms with Gasteiger partial charge in [0.2, 0.25) is 0 Å². The van der Waals surface area contributed by atoms with Crippen LogP contribution in [0, 0.1) is 22.7 Å². The predicted octanol–water partition coefficient (Wildman–Crippen LogP) is 2.50. The van der Waals surface area contributed by atoms with Gasteiger partial charge in [0.15, 0.2) is 0 Å². The van der Waals surface area contributed by atoms with Crippen molar-refractivity contribution in [1.82, 2.24) is 0 Å². The Labute approximate surface area is 137 Å². The number of nitrogens with zero attached hydrogens (tertiary/aromatic N) is 2. The third-order valence-electron chi connectivity index (χ3n) is 2.76. The zero-order chi connectivity index (χ0) is 17.4. The highest BCUT2D eigenvalue weighted by Crippen LogP contribution is 2.13. The van der Waals surface area contributed by atoms with Gasteiger partial charge in [0.1, 0.15) is 11.5 Å². The summed E-state index contributed by atoms with van der Waals surface area (Å²) >= 11 is 0. The summed E-state index contributed by atoms with van der Waals surface area (Å²) in [4.78, 5) is 23.2. The molecule has 6 nitrogen and oxygen atoms in total. The van der Waals surface area contributed by atoms with Crippen molar-refractivity contribution in [2.45, 2.75) is 0 Å². The van der Waals surface area contributed by atoms with E-state index in [4.69, 9.17) is 20.0 Å². The van der Waals surface area contributed by atoms with Crippen LogP contribution in [0.2, 0.25) is 0 Å². The maximum absolute atomic E-state index is 11.6. The Kier molecular flexibility index (Phi) is 5.44. The topological polar surface area (TPSA) is 100 Å². The molecule has 2 aromatic carbocycles. The fraction of sp³-hybridized carbons (Fsp3) is 0. The minimum absolute atomic E-state index is 0.254. The van der Waals surface area contributed by atoms with E-state index in [0.29, 0.717) is 11.1 Å². The van der Waals surface area contributed by atoms with Crippen molar-refractivity contribution in [2.24, 2.45) is 0 Å². The second-order valence-electron chi connectivity index (χ2n) is 4.45. The van der Waals surface area contributed by atoms with Crippen LogP contribution in [-0.2, 0) is 9.59 Å². The molecular formula is C18H10N2O4. The third kappa shape index (κ3) is 4.83. The molecule has 0 aliphatic heterocycles. The molecule has 0 atom stereocenters. The Morgan fingerprint density at radius 3 is 1.33 bits per heavy atom. The number of esters is 2. The first-order chi connectivity index (χ1) is 11.6. The number of hydrogen-bond donors (Lipinski definition) is 0. The lowest BCUT2D eigenvalue weighted by Crippen LogP contribution is -2.08. The van der Waals surface area contributed by atoms with Crippen molar-refractivity contribution in [3.8, 4) is 23.6 Å². The molecule has 0 saturated heterocycles. The van der Waals surface area contributed by atoms with Gasteiger partial charge in [0.25, 0.3) is 0 Å². The molecule has 0 spiro atoms. The molecule has 0 amide bonds. The lowest BCUT2D eigenvalue weighted by molar-refractivity contribution is -0.131. The highest BCUT2D eigenvalue weighted by molar-refractivity contribution is 5.93. The molecule has 24 heavy (non-hydrogen) atoms. The minimum atomic E-state index is -0.753. The molecule has 2 rings (SSSR count). The summed E-state index contributed by atoms with van der Waals surface area (Å²) in [5.41, 5.74) is 0.882. The SMILES string of the molecule is N#Cc1ccc(OC(=O)/C=C/C(=O)Oc2ccc(C#N)cc2)cc1. The summed E-state index contributed by atoms with van der Waals surface area (Å²) < 4.78 is 9.93. The van der Waals surface area contributed by atoms with Crippen LogP contribution in [0.1, 0.15) is 11.1 Å². The van der Waals surface area contributed by atoms with E-state index in [2.05, 4.69) is 0 Å². The number of carbonyl (C=O) groups excluding carboxylic acids is 2. The first kappa shape index (κ1) is 16.5. The van der Waals surface area contributed by atoms with Crippen LogP contribution < -0.4 is 9.47 Å². The van der Waals surface area contributed by atoms with Crippen molar-refractivity contribution in [3.05, 3.63) is 71.8 Å². The van der Waals surface area contributed by atoms with E-state index in [9.17, 15) is 9.59 Å². The predicted molar refractivity (Wildman–Crippen MR) is 82.7 cm³/mol. The van der Waals surface area contributed by atoms with Crippen LogP contribution in [0.15, 0.2) is 60.7 Å². The van der Waals surface area contributed by atoms with Crippen LogP contribution >= 0.6 is 0 Å². The van der Waals surface area contributed by atoms with Gasteiger partial charge in [-0.25, -0.2) is 9.59 Å². The van der Waals surface area contributed by atoms with E-state index in [1.807, 2.05) is 12.1 Å². The highest BCUT2D eigenvalue weighted by Gasteiger charge is 2.04. The molecule has 0 saturated carbocycles. The quantitative estimate of drug-likeness (QED) is 0.488. The first-order valence-electron chi connectivity index (χ1n) is 6.73. The van der Waals surface area contributed by atoms with Gasteiger partial charge in [-0.15, -0.1) is 0 Å². The molecule has 6 heteroatoms. The van der Waals surface area contributed by atoms with E-state index >= 15 is 0 Å². The molecule has 0 unspecified atom stereocenters. The fourth-order valence-electron chi connectivity index (χ4n) is 1.63. The molecule has 116 valence electrons. The van der Waals surface area contributed by atoms with Crippen molar-refractivity contribution in [2.75, 3.05) is 0 Å². The number of benzene rings is 2. The number of carbonyl (C=O) groups is 2. The van der Waals surface area contributed by atoms with Gasteiger partial charge in [-0.3, -0.25) is 0 Å². The van der Waals surface area contributed by atoms with Gasteiger partial charge in [-0.1, -0.05) is 0 Å². The van der Waals surface area contributed by atoms with Crippen molar-refractivity contribution < 1.29 is 19.1 Å². The zero-order valence-electron chi connectivity index (χ0n) is 12.3. The van der Waals surface area contributed by atoms with Crippen molar-refractivity contribution in [3.63, 3.8) is 0 Å². The third-order valence-corrected chi connectivity index (χ3v) is 2.76. The largest absolute Gasteiger partial charge is 0.423 e. The molecule has 0 aliphatic rings. The molecular weight excluding hydrogens is 308 g/mol. The summed E-state index contributed by atoms with van der Waals surface area (Å²) in [6.45, 7) is 0. The Morgan fingerprint density at radius 1 is 0.708 bits per heavy atom. The minimum Gasteiger partial charge on any atom is -0.423 e. The van der Waals surface area contributed by atoms with Gasteiger partial charge in [0.05, 0.1) is 23.3 Å². The van der Waals surface area contributed by atoms with Gasteiger partial charge in [-0.2, -0.15) is 10.5 Å². The number of ether oxygens (including phenoxy) is 2. The first-order valence-corrected chi connectivity index (χ1v) is 6.73. The van der Waals surface area contributed by atoms with E-state index in [0.717, 1.165) is 12.2 Å². The van der Waals surface area contributed by atoms with Crippen molar-refractivity contribution in [1.29, 1.82) is 10.5 Å². The Hall–Kier alpha value is -3.90. The van der Waals surface area contributed by atoms with Crippen LogP contribution in [0.25, 0.3) is 0 Å². The highest BCUT2D eigenvalue weighted by atomic mass is 16.5. The Balaban J connectivity index is 1.89. The molecule has 2 aromatic rings. The molecule has 0 aliphatic carbocycles. The summed E-state index contributed by atoms with van der Waals surface area (Å²) in [5.74, 6) is -0.999. The number of nitriles is 2. The summed E-state index contributed by atoms with van der Waals surface area (Å²) in [6, 6.07) is 15.8. The van der Waals surface area contributed by atoms with Gasteiger partial charge in [0, 0.05) is 12.2 Å². The van der Waals surface area contributed by atoms with Crippen molar-refractivity contribution >= 4 is 11.9 Å². The van der Waals surface area contributed by atoms with Crippen LogP contribution in [0.4, 0.5) is 0 Å². The number of rotatable bonds is 4. The molecule has 0 fully saturated rings. The fourth-order valence-corrected chi connectivity index (χ4v) is 1.63. The lowest BCUT2D eigenvalue weighted by atomic mass is 10.2. The standard InChI is InChI=1S/C18H10N2O4/c19-11-13-1-5-15(6-2-13)23-17(21)9-10-18(22)24-16-7-3-14(12-20)4-8-16/h1-10H/b10-9+. The second-order valence-corrected chi connectivity index (χ2v) is 4.45. The molecule has 0 bridgehead atoms. The number of hydrogen-bond acceptors (Lipinski definition) is 6. The normalized spacial score (nSPS) is 9.75. The van der Waals surface area contributed by atoms with E-state index in [1.165, 1.54) is 48.5 Å². The van der Waals surface area contributed by atoms with Gasteiger partial charge < -0.3 is 9.47 Å². The monoisotopic (exact) mass is 318 g/mol. The molecule has 0 aromatic heterocycles. The maximum Gasteiger partial charge on any atom is 0.336 e.